The minimum Gasteiger partial charge on any atom is -0.485 e. The zero-order chi connectivity index (χ0) is 23.9. The lowest BCUT2D eigenvalue weighted by Crippen LogP contribution is -2.15. The number of aryl methyl sites for hydroxylation is 1. The number of halogens is 1. The second-order valence-corrected chi connectivity index (χ2v) is 8.64. The van der Waals surface area contributed by atoms with E-state index in [0.29, 0.717) is 27.3 Å². The molecule has 1 heterocycles. The van der Waals surface area contributed by atoms with Crippen LogP contribution in [0.4, 0.5) is 5.69 Å². The van der Waals surface area contributed by atoms with Crippen LogP contribution >= 0.6 is 23.4 Å². The van der Waals surface area contributed by atoms with Gasteiger partial charge in [0.25, 0.3) is 0 Å². The summed E-state index contributed by atoms with van der Waals surface area (Å²) in [6, 6.07) is 24.2. The number of nitriles is 1. The van der Waals surface area contributed by atoms with Gasteiger partial charge in [0.1, 0.15) is 18.4 Å². The Morgan fingerprint density at radius 1 is 1.12 bits per heavy atom. The Balaban J connectivity index is 1.51. The smallest absolute Gasteiger partial charge is 0.234 e. The molecule has 0 aliphatic heterocycles. The zero-order valence-corrected chi connectivity index (χ0v) is 19.8. The van der Waals surface area contributed by atoms with E-state index in [9.17, 15) is 10.1 Å². The van der Waals surface area contributed by atoms with Crippen LogP contribution in [0.1, 0.15) is 17.0 Å². The summed E-state index contributed by atoms with van der Waals surface area (Å²) < 4.78 is 7.86. The molecule has 1 N–H and O–H groups in total. The summed E-state index contributed by atoms with van der Waals surface area (Å²) in [7, 11) is 0. The molecule has 9 heteroatoms. The third-order valence-electron chi connectivity index (χ3n) is 4.87. The van der Waals surface area contributed by atoms with Crippen LogP contribution in [0.5, 0.6) is 5.75 Å². The molecule has 0 saturated carbocycles. The Morgan fingerprint density at radius 2 is 1.88 bits per heavy atom. The largest absolute Gasteiger partial charge is 0.485 e. The lowest BCUT2D eigenvalue weighted by Gasteiger charge is -2.12. The van der Waals surface area contributed by atoms with Crippen molar-refractivity contribution < 1.29 is 9.53 Å². The van der Waals surface area contributed by atoms with Crippen molar-refractivity contribution in [2.24, 2.45) is 0 Å². The lowest BCUT2D eigenvalue weighted by molar-refractivity contribution is -0.113. The topological polar surface area (TPSA) is 92.8 Å². The van der Waals surface area contributed by atoms with Gasteiger partial charge in [0.05, 0.1) is 17.0 Å². The van der Waals surface area contributed by atoms with Crippen molar-refractivity contribution in [1.29, 1.82) is 5.26 Å². The summed E-state index contributed by atoms with van der Waals surface area (Å²) in [6.45, 7) is 2.20. The molecule has 0 radical (unpaired) electrons. The van der Waals surface area contributed by atoms with Crippen LogP contribution in [-0.2, 0) is 11.4 Å². The summed E-state index contributed by atoms with van der Waals surface area (Å²) in [5.74, 6) is 1.16. The maximum Gasteiger partial charge on any atom is 0.234 e. The Bertz CT molecular complexity index is 1350. The van der Waals surface area contributed by atoms with Gasteiger partial charge in [0.15, 0.2) is 11.0 Å². The quantitative estimate of drug-likeness (QED) is 0.332. The van der Waals surface area contributed by atoms with E-state index in [0.717, 1.165) is 17.0 Å². The van der Waals surface area contributed by atoms with Gasteiger partial charge in [-0.3, -0.25) is 9.36 Å². The average Bonchev–Trinajstić information content (AvgIpc) is 3.26. The number of nitrogens with one attached hydrogen (secondary N) is 1. The fourth-order valence-corrected chi connectivity index (χ4v) is 4.16. The molecular weight excluding hydrogens is 470 g/mol. The fourth-order valence-electron chi connectivity index (χ4n) is 3.22. The van der Waals surface area contributed by atoms with Crippen molar-refractivity contribution in [3.8, 4) is 17.5 Å². The number of aromatic nitrogens is 3. The predicted molar refractivity (Wildman–Crippen MR) is 132 cm³/mol. The van der Waals surface area contributed by atoms with Gasteiger partial charge in [-0.15, -0.1) is 10.2 Å². The molecular formula is C25H20ClN5O2S. The van der Waals surface area contributed by atoms with E-state index in [1.807, 2.05) is 72.2 Å². The molecule has 1 aromatic heterocycles. The van der Waals surface area contributed by atoms with E-state index < -0.39 is 0 Å². The van der Waals surface area contributed by atoms with Crippen molar-refractivity contribution in [2.75, 3.05) is 11.1 Å². The first kappa shape index (κ1) is 23.4. The number of carbonyl (C=O) groups excluding carboxylic acids is 1. The molecule has 4 rings (SSSR count). The Labute approximate surface area is 206 Å². The van der Waals surface area contributed by atoms with Gasteiger partial charge >= 0.3 is 0 Å². The average molecular weight is 490 g/mol. The van der Waals surface area contributed by atoms with Gasteiger partial charge < -0.3 is 10.1 Å². The highest BCUT2D eigenvalue weighted by atomic mass is 35.5. The second-order valence-electron chi connectivity index (χ2n) is 7.26. The molecule has 0 aliphatic rings. The van der Waals surface area contributed by atoms with Gasteiger partial charge in [0.2, 0.25) is 5.91 Å². The van der Waals surface area contributed by atoms with E-state index in [1.54, 1.807) is 18.2 Å². The zero-order valence-electron chi connectivity index (χ0n) is 18.2. The van der Waals surface area contributed by atoms with Crippen LogP contribution < -0.4 is 10.1 Å². The molecule has 0 unspecified atom stereocenters. The molecule has 0 bridgehead atoms. The minimum atomic E-state index is -0.288. The Kier molecular flexibility index (Phi) is 7.48. The molecule has 1 amide bonds. The summed E-state index contributed by atoms with van der Waals surface area (Å²) in [5.41, 5.74) is 2.60. The monoisotopic (exact) mass is 489 g/mol. The van der Waals surface area contributed by atoms with E-state index in [1.165, 1.54) is 11.8 Å². The Hall–Kier alpha value is -3.80. The van der Waals surface area contributed by atoms with E-state index >= 15 is 0 Å². The van der Waals surface area contributed by atoms with Crippen LogP contribution in [-0.4, -0.2) is 26.4 Å². The van der Waals surface area contributed by atoms with Crippen LogP contribution in [0.3, 0.4) is 0 Å². The number of nitrogens with zero attached hydrogens (tertiary/aromatic N) is 4. The summed E-state index contributed by atoms with van der Waals surface area (Å²) in [4.78, 5) is 12.6. The van der Waals surface area contributed by atoms with Gasteiger partial charge in [-0.1, -0.05) is 59.8 Å². The highest BCUT2D eigenvalue weighted by Crippen LogP contribution is 2.25. The third-order valence-corrected chi connectivity index (χ3v) is 6.04. The lowest BCUT2D eigenvalue weighted by atomic mass is 10.2. The maximum atomic E-state index is 12.6. The van der Waals surface area contributed by atoms with Crippen molar-refractivity contribution in [3.63, 3.8) is 0 Å². The molecule has 34 heavy (non-hydrogen) atoms. The number of carbonyl (C=O) groups is 1. The number of benzene rings is 3. The number of hydrogen-bond donors (Lipinski definition) is 1. The molecule has 7 nitrogen and oxygen atoms in total. The molecule has 0 fully saturated rings. The number of amides is 1. The van der Waals surface area contributed by atoms with Crippen LogP contribution in [0.2, 0.25) is 5.02 Å². The molecule has 0 spiro atoms. The number of rotatable bonds is 8. The van der Waals surface area contributed by atoms with Crippen molar-refractivity contribution >= 4 is 35.0 Å². The van der Waals surface area contributed by atoms with E-state index in [4.69, 9.17) is 16.3 Å². The summed E-state index contributed by atoms with van der Waals surface area (Å²) in [6.07, 6.45) is 0. The van der Waals surface area contributed by atoms with Gasteiger partial charge in [-0.05, 0) is 48.9 Å². The molecule has 0 saturated heterocycles. The highest BCUT2D eigenvalue weighted by molar-refractivity contribution is 7.99. The van der Waals surface area contributed by atoms with Crippen LogP contribution in [0, 0.1) is 18.3 Å². The minimum absolute atomic E-state index is 0.0704. The first-order valence-electron chi connectivity index (χ1n) is 10.4. The molecule has 0 atom stereocenters. The van der Waals surface area contributed by atoms with Gasteiger partial charge in [0, 0.05) is 10.7 Å². The first-order valence-corrected chi connectivity index (χ1v) is 11.7. The van der Waals surface area contributed by atoms with Crippen molar-refractivity contribution in [1.82, 2.24) is 14.8 Å². The van der Waals surface area contributed by atoms with E-state index in [2.05, 4.69) is 15.5 Å². The number of thioether (sulfide) groups is 1. The predicted octanol–water partition coefficient (Wildman–Crippen LogP) is 5.41. The Morgan fingerprint density at radius 3 is 2.65 bits per heavy atom. The molecule has 3 aromatic carbocycles. The number of anilines is 1. The van der Waals surface area contributed by atoms with E-state index in [-0.39, 0.29) is 18.3 Å². The van der Waals surface area contributed by atoms with Crippen LogP contribution in [0.15, 0.2) is 78.0 Å². The fraction of sp³-hybridized carbons (Fsp3) is 0.120. The van der Waals surface area contributed by atoms with Crippen LogP contribution in [0.25, 0.3) is 5.69 Å². The second kappa shape index (κ2) is 10.9. The van der Waals surface area contributed by atoms with Gasteiger partial charge in [-0.25, -0.2) is 0 Å². The van der Waals surface area contributed by atoms with Crippen molar-refractivity contribution in [3.05, 3.63) is 94.8 Å². The number of ether oxygens (including phenoxy) is 1. The molecule has 4 aromatic rings. The SMILES string of the molecule is Cc1ccccc1OCc1nnc(SCC(=O)Nc2cc(Cl)ccc2C#N)n1-c1ccccc1. The maximum absolute atomic E-state index is 12.6. The number of hydrogen-bond acceptors (Lipinski definition) is 6. The standard InChI is InChI=1S/C25H20ClN5O2S/c1-17-7-5-6-10-22(17)33-15-23-29-30-25(31(23)20-8-3-2-4-9-20)34-16-24(32)28-21-13-19(26)12-11-18(21)14-27/h2-13H,15-16H2,1H3,(H,28,32). The summed E-state index contributed by atoms with van der Waals surface area (Å²) >= 11 is 7.24. The third kappa shape index (κ3) is 5.57. The highest BCUT2D eigenvalue weighted by Gasteiger charge is 2.17. The normalized spacial score (nSPS) is 10.5. The number of para-hydroxylation sites is 2. The van der Waals surface area contributed by atoms with Crippen molar-refractivity contribution in [2.45, 2.75) is 18.7 Å². The molecule has 170 valence electrons. The summed E-state index contributed by atoms with van der Waals surface area (Å²) in [5, 5.41) is 21.6. The van der Waals surface area contributed by atoms with Gasteiger partial charge in [-0.2, -0.15) is 5.26 Å². The first-order chi connectivity index (χ1) is 16.5. The molecule has 0 aliphatic carbocycles.